The zero-order chi connectivity index (χ0) is 71.1. The summed E-state index contributed by atoms with van der Waals surface area (Å²) >= 11 is 4.92. The number of quaternary nitrogens is 3. The second kappa shape index (κ2) is 43.4. The molecule has 0 radical (unpaired) electrons. The number of carboxylic acids is 2. The number of amides is 1. The second-order valence-electron chi connectivity index (χ2n) is 25.8. The summed E-state index contributed by atoms with van der Waals surface area (Å²) < 4.78 is 39.9. The van der Waals surface area contributed by atoms with E-state index in [1.807, 2.05) is 72.8 Å². The highest BCUT2D eigenvalue weighted by Gasteiger charge is 2.28. The lowest BCUT2D eigenvalue weighted by Gasteiger charge is -2.29. The van der Waals surface area contributed by atoms with Gasteiger partial charge in [-0.15, -0.1) is 0 Å². The molecule has 0 atom stereocenters. The molecule has 26 nitrogen and oxygen atoms in total. The lowest BCUT2D eigenvalue weighted by Crippen LogP contribution is -2.40. The van der Waals surface area contributed by atoms with Gasteiger partial charge in [-0.3, -0.25) is 29.8 Å². The monoisotopic (exact) mass is 1360 g/mol. The molecule has 1 amide bonds. The summed E-state index contributed by atoms with van der Waals surface area (Å²) in [6.45, 7) is 8.43. The molecular formula is C69H99ClN7O19+3. The number of carbonyl (C=O) groups is 5. The Labute approximate surface area is 568 Å². The molecule has 0 saturated carbocycles. The zero-order valence-electron chi connectivity index (χ0n) is 56.9. The molecule has 2 fully saturated rings. The predicted molar refractivity (Wildman–Crippen MR) is 362 cm³/mol. The molecule has 27 heteroatoms. The first-order valence-electron chi connectivity index (χ1n) is 31.8. The molecule has 5 aromatic carbocycles. The summed E-state index contributed by atoms with van der Waals surface area (Å²) in [4.78, 5) is 76.7. The molecule has 2 heterocycles. The summed E-state index contributed by atoms with van der Waals surface area (Å²) in [6, 6.07) is 32.7. The molecule has 2 aliphatic heterocycles. The number of benzene rings is 5. The Morgan fingerprint density at radius 1 is 0.490 bits per heavy atom. The van der Waals surface area contributed by atoms with E-state index in [1.54, 1.807) is 4.90 Å². The molecule has 96 heavy (non-hydrogen) atoms. The van der Waals surface area contributed by atoms with Gasteiger partial charge in [0.2, 0.25) is 0 Å². The van der Waals surface area contributed by atoms with Gasteiger partial charge in [0, 0.05) is 49.0 Å². The van der Waals surface area contributed by atoms with Gasteiger partial charge >= 0.3 is 29.6 Å². The minimum atomic E-state index is -0.978. The fourth-order valence-corrected chi connectivity index (χ4v) is 9.03. The predicted octanol–water partition coefficient (Wildman–Crippen LogP) is 11.6. The third-order valence-electron chi connectivity index (χ3n) is 14.4. The van der Waals surface area contributed by atoms with Gasteiger partial charge in [0.25, 0.3) is 11.4 Å². The van der Waals surface area contributed by atoms with Crippen LogP contribution >= 0.6 is 11.6 Å². The van der Waals surface area contributed by atoms with Crippen molar-refractivity contribution in [2.75, 3.05) is 129 Å². The molecule has 0 aliphatic carbocycles. The number of piperidine rings is 2. The first-order chi connectivity index (χ1) is 45.4. The maximum absolute atomic E-state index is 12.1. The number of rotatable bonds is 29. The maximum atomic E-state index is 12.1. The van der Waals surface area contributed by atoms with Gasteiger partial charge in [-0.1, -0.05) is 36.4 Å². The van der Waals surface area contributed by atoms with Crippen molar-refractivity contribution in [2.24, 2.45) is 11.8 Å². The van der Waals surface area contributed by atoms with E-state index in [4.69, 9.17) is 55.3 Å². The van der Waals surface area contributed by atoms with E-state index < -0.39 is 33.4 Å². The van der Waals surface area contributed by atoms with Gasteiger partial charge in [0.05, 0.1) is 131 Å². The average molecular weight is 1370 g/mol. The van der Waals surface area contributed by atoms with E-state index in [2.05, 4.69) is 73.5 Å². The van der Waals surface area contributed by atoms with Crippen molar-refractivity contribution < 1.29 is 95.7 Å². The van der Waals surface area contributed by atoms with Crippen LogP contribution in [0.1, 0.15) is 80.9 Å². The van der Waals surface area contributed by atoms with E-state index in [0.29, 0.717) is 39.1 Å². The average Bonchev–Trinajstić information content (AvgIpc) is 1.30. The van der Waals surface area contributed by atoms with Crippen LogP contribution in [-0.2, 0) is 38.9 Å². The summed E-state index contributed by atoms with van der Waals surface area (Å²) in [5.74, 6) is 0.937. The molecule has 0 spiro atoms. The standard InChI is InChI=1S/C21H27N2O6.C21H32N2O5.C14H24NO2.C7H4ClNO4.C6H11NO2/c1-23(2,3)14-4-5-15-27-19-10-6-17(7-11-19)16-28-21(24)29-20-12-8-18(9-13-20)22(25)26;1-23(2,3)14-4-5-15-27-19-8-6-17(7-9-19)16-28-21(26)22-12-10-18(11-13-22)20(24)25;1-15(2,3)10-4-5-11-17-14-8-6-13(12-16)7-9-14;8-7(10)13-6-3-1-5(2-4-6)9(11)12;8-6(9)5-1-3-7-4-2-5/h6-13H,4-5,14-16H2,1-3H3;6-9,18H,4-5,10-16H2,1-3H3;6-9,16H,4-5,10-12H2,1-3H3;1-4H;5,7H,1-4H2,(H,8,9)/q+1;;+1;;/p+1. The van der Waals surface area contributed by atoms with Gasteiger partial charge in [0.1, 0.15) is 42.0 Å². The number of likely N-dealkylation sites (tertiary alicyclic amines) is 1. The van der Waals surface area contributed by atoms with Crippen LogP contribution in [0.4, 0.5) is 25.8 Å². The number of aliphatic hydroxyl groups excluding tert-OH is 1. The topological polar surface area (TPSA) is 312 Å². The maximum Gasteiger partial charge on any atom is 0.514 e. The Hall–Kier alpha value is -8.66. The largest absolute Gasteiger partial charge is 0.514 e. The van der Waals surface area contributed by atoms with Crippen molar-refractivity contribution in [1.82, 2.24) is 10.2 Å². The number of hydrogen-bond donors (Lipinski definition) is 4. The summed E-state index contributed by atoms with van der Waals surface area (Å²) in [5.41, 5.74) is 1.47. The number of carboxylic acid groups (broad SMARTS) is 2. The van der Waals surface area contributed by atoms with Crippen LogP contribution in [-0.4, -0.2) is 202 Å². The van der Waals surface area contributed by atoms with Crippen LogP contribution in [0.15, 0.2) is 121 Å². The van der Waals surface area contributed by atoms with Crippen molar-refractivity contribution in [2.45, 2.75) is 84.0 Å². The molecule has 2 aliphatic rings. The Bertz CT molecular complexity index is 3090. The molecule has 528 valence electrons. The number of nitro benzene ring substituents is 2. The van der Waals surface area contributed by atoms with Crippen LogP contribution < -0.4 is 29.0 Å². The number of nitro groups is 2. The van der Waals surface area contributed by atoms with E-state index in [-0.39, 0.29) is 60.6 Å². The summed E-state index contributed by atoms with van der Waals surface area (Å²) in [6.07, 6.45) is 7.77. The van der Waals surface area contributed by atoms with Crippen molar-refractivity contribution in [3.63, 3.8) is 0 Å². The van der Waals surface area contributed by atoms with Gasteiger partial charge < -0.3 is 72.1 Å². The van der Waals surface area contributed by atoms with E-state index >= 15 is 0 Å². The summed E-state index contributed by atoms with van der Waals surface area (Å²) in [5, 5.41) is 50.3. The number of aliphatic hydroxyl groups is 1. The SMILES string of the molecule is C[N+](C)(C)CCCCOc1ccc(CO)cc1.C[N+](C)(C)CCCCOc1ccc(COC(=O)N2CCC(C(=O)O)CC2)cc1.C[N+](C)(C)CCCCOc1ccc(COC(=O)Oc2ccc([N+](=O)[O-])cc2)cc1.O=C(Cl)Oc1ccc([N+](=O)[O-])cc1.O=C(O)C1CCNCC1. The number of hydrogen-bond acceptors (Lipinski definition) is 18. The van der Waals surface area contributed by atoms with Crippen molar-refractivity contribution in [3.8, 4) is 28.7 Å². The lowest BCUT2D eigenvalue weighted by atomic mass is 9.97. The van der Waals surface area contributed by atoms with E-state index in [0.717, 1.165) is 125 Å². The van der Waals surface area contributed by atoms with Crippen LogP contribution in [0.2, 0.25) is 0 Å². The smallest absolute Gasteiger partial charge is 0.494 e. The number of carbonyl (C=O) groups excluding carboxylic acids is 3. The Morgan fingerprint density at radius 2 is 0.823 bits per heavy atom. The zero-order valence-corrected chi connectivity index (χ0v) is 57.7. The van der Waals surface area contributed by atoms with Gasteiger partial charge in [-0.2, -0.15) is 0 Å². The number of aliphatic carboxylic acids is 2. The van der Waals surface area contributed by atoms with Crippen LogP contribution in [0, 0.1) is 32.1 Å². The van der Waals surface area contributed by atoms with Crippen LogP contribution in [0.25, 0.3) is 0 Å². The third kappa shape index (κ3) is 38.0. The van der Waals surface area contributed by atoms with Crippen LogP contribution in [0.5, 0.6) is 28.7 Å². The van der Waals surface area contributed by atoms with Gasteiger partial charge in [-0.25, -0.2) is 14.4 Å². The highest BCUT2D eigenvalue weighted by Crippen LogP contribution is 2.23. The highest BCUT2D eigenvalue weighted by atomic mass is 35.5. The number of ether oxygens (including phenoxy) is 7. The minimum absolute atomic E-state index is 0.0512. The first kappa shape index (κ1) is 81.6. The summed E-state index contributed by atoms with van der Waals surface area (Å²) in [7, 11) is 19.7. The third-order valence-corrected chi connectivity index (χ3v) is 14.5. The number of unbranched alkanes of at least 4 members (excludes halogenated alkanes) is 3. The number of nitrogens with one attached hydrogen (secondary N) is 1. The minimum Gasteiger partial charge on any atom is -0.494 e. The van der Waals surface area contributed by atoms with Crippen molar-refractivity contribution in [1.29, 1.82) is 0 Å². The first-order valence-corrected chi connectivity index (χ1v) is 32.2. The molecule has 0 unspecified atom stereocenters. The molecule has 5 aromatic rings. The van der Waals surface area contributed by atoms with E-state index in [9.17, 15) is 44.2 Å². The molecular weight excluding hydrogens is 1270 g/mol. The van der Waals surface area contributed by atoms with E-state index in [1.165, 1.54) is 61.5 Å². The molecule has 0 aromatic heterocycles. The lowest BCUT2D eigenvalue weighted by molar-refractivity contribution is -0.870. The molecule has 7 rings (SSSR count). The Kier molecular flexibility index (Phi) is 36.9. The highest BCUT2D eigenvalue weighted by molar-refractivity contribution is 6.61. The van der Waals surface area contributed by atoms with Crippen molar-refractivity contribution in [3.05, 3.63) is 158 Å². The number of non-ortho nitro benzene ring substituents is 2. The molecule has 2 saturated heterocycles. The number of halogens is 1. The fraction of sp³-hybridized carbons (Fsp3) is 0.493. The number of nitrogens with zero attached hydrogens (tertiary/aromatic N) is 6. The van der Waals surface area contributed by atoms with Gasteiger partial charge in [-0.05, 0) is 155 Å². The Balaban J connectivity index is 0.000000331. The fourth-order valence-electron chi connectivity index (χ4n) is 8.94. The normalized spacial score (nSPS) is 13.1. The second-order valence-corrected chi connectivity index (χ2v) is 26.1. The van der Waals surface area contributed by atoms with Gasteiger partial charge in [0.15, 0.2) is 0 Å². The molecule has 4 N–H and O–H groups in total. The van der Waals surface area contributed by atoms with Crippen molar-refractivity contribution >= 4 is 52.6 Å². The van der Waals surface area contributed by atoms with Crippen LogP contribution in [0.3, 0.4) is 0 Å². The quantitative estimate of drug-likeness (QED) is 0.00657. The Morgan fingerprint density at radius 3 is 1.15 bits per heavy atom. The molecule has 0 bridgehead atoms.